The first kappa shape index (κ1) is 19.3. The third kappa shape index (κ3) is 4.14. The maximum Gasteiger partial charge on any atom is 0.230 e. The molecule has 1 aromatic carbocycles. The number of halogens is 1. The minimum absolute atomic E-state index is 0.0188. The van der Waals surface area contributed by atoms with Crippen LogP contribution in [0, 0.1) is 5.82 Å². The van der Waals surface area contributed by atoms with Crippen LogP contribution < -0.4 is 5.32 Å². The highest BCUT2D eigenvalue weighted by molar-refractivity contribution is 5.97. The number of benzene rings is 1. The number of carbonyl (C=O) groups is 1. The highest BCUT2D eigenvalue weighted by Crippen LogP contribution is 2.33. The summed E-state index contributed by atoms with van der Waals surface area (Å²) in [5.41, 5.74) is 3.27. The number of fused-ring (bicyclic) bond motifs is 1. The number of carbonyl (C=O) groups excluding carboxylic acids is 1. The van der Waals surface area contributed by atoms with E-state index >= 15 is 0 Å². The molecule has 1 fully saturated rings. The topological polar surface area (TPSA) is 96.5 Å². The maximum atomic E-state index is 14.2. The lowest BCUT2D eigenvalue weighted by Crippen LogP contribution is -2.16. The molecule has 0 atom stereocenters. The minimum atomic E-state index is -0.392. The van der Waals surface area contributed by atoms with E-state index in [0.717, 1.165) is 24.2 Å². The third-order valence-electron chi connectivity index (χ3n) is 5.64. The number of H-pyrrole nitrogens is 1. The SMILES string of the molecule is O=C(Cc1cc(F)cc(-c2ccncc2)c1)Nc1ncnc2nc(C3CCCC3)[nH]c12. The molecule has 156 valence electrons. The molecule has 0 aliphatic heterocycles. The Morgan fingerprint density at radius 1 is 1.10 bits per heavy atom. The summed E-state index contributed by atoms with van der Waals surface area (Å²) < 4.78 is 14.2. The molecule has 4 aromatic rings. The Bertz CT molecular complexity index is 1230. The van der Waals surface area contributed by atoms with Crippen LogP contribution in [0.15, 0.2) is 49.1 Å². The van der Waals surface area contributed by atoms with Crippen molar-refractivity contribution >= 4 is 22.9 Å². The standard InChI is InChI=1S/C23H21FN6O/c24-18-10-14(9-17(12-18)15-5-7-25-8-6-15)11-19(31)28-22-20-23(27-13-26-22)30-21(29-20)16-3-1-2-4-16/h5-10,12-13,16H,1-4,11H2,(H2,26,27,28,29,30,31). The van der Waals surface area contributed by atoms with Crippen LogP contribution in [0.2, 0.25) is 0 Å². The number of hydrogen-bond donors (Lipinski definition) is 2. The van der Waals surface area contributed by atoms with Gasteiger partial charge >= 0.3 is 0 Å². The van der Waals surface area contributed by atoms with Gasteiger partial charge in [0.15, 0.2) is 11.5 Å². The van der Waals surface area contributed by atoms with E-state index in [2.05, 4.69) is 30.2 Å². The summed E-state index contributed by atoms with van der Waals surface area (Å²) in [5.74, 6) is 1.00. The second kappa shape index (κ2) is 8.22. The van der Waals surface area contributed by atoms with Gasteiger partial charge in [-0.1, -0.05) is 18.9 Å². The van der Waals surface area contributed by atoms with E-state index in [0.29, 0.717) is 34.0 Å². The van der Waals surface area contributed by atoms with Gasteiger partial charge in [0.1, 0.15) is 23.5 Å². The molecule has 0 unspecified atom stereocenters. The fourth-order valence-electron chi connectivity index (χ4n) is 4.16. The third-order valence-corrected chi connectivity index (χ3v) is 5.64. The van der Waals surface area contributed by atoms with Gasteiger partial charge in [-0.3, -0.25) is 9.78 Å². The van der Waals surface area contributed by atoms with Crippen molar-refractivity contribution in [1.29, 1.82) is 0 Å². The predicted octanol–water partition coefficient (Wildman–Crippen LogP) is 4.39. The quantitative estimate of drug-likeness (QED) is 0.503. The molecule has 8 heteroatoms. The molecule has 1 saturated carbocycles. The number of pyridine rings is 1. The summed E-state index contributed by atoms with van der Waals surface area (Å²) in [5, 5.41) is 2.82. The Kier molecular flexibility index (Phi) is 5.11. The van der Waals surface area contributed by atoms with E-state index < -0.39 is 5.82 Å². The van der Waals surface area contributed by atoms with Crippen molar-refractivity contribution in [1.82, 2.24) is 24.9 Å². The van der Waals surface area contributed by atoms with E-state index in [9.17, 15) is 9.18 Å². The zero-order valence-corrected chi connectivity index (χ0v) is 16.8. The van der Waals surface area contributed by atoms with Crippen LogP contribution in [0.3, 0.4) is 0 Å². The Labute approximate surface area is 178 Å². The number of hydrogen-bond acceptors (Lipinski definition) is 5. The molecule has 5 rings (SSSR count). The second-order valence-electron chi connectivity index (χ2n) is 7.83. The molecule has 7 nitrogen and oxygen atoms in total. The highest BCUT2D eigenvalue weighted by atomic mass is 19.1. The molecule has 0 radical (unpaired) electrons. The molecule has 1 aliphatic rings. The summed E-state index contributed by atoms with van der Waals surface area (Å²) in [6, 6.07) is 8.23. The Morgan fingerprint density at radius 3 is 2.71 bits per heavy atom. The highest BCUT2D eigenvalue weighted by Gasteiger charge is 2.22. The van der Waals surface area contributed by atoms with E-state index in [1.807, 2.05) is 6.07 Å². The number of nitrogens with zero attached hydrogens (tertiary/aromatic N) is 4. The second-order valence-corrected chi connectivity index (χ2v) is 7.83. The van der Waals surface area contributed by atoms with Gasteiger partial charge in [-0.05, 0) is 53.8 Å². The van der Waals surface area contributed by atoms with Crippen LogP contribution in [0.5, 0.6) is 0 Å². The van der Waals surface area contributed by atoms with Gasteiger partial charge in [-0.25, -0.2) is 19.3 Å². The van der Waals surface area contributed by atoms with E-state index in [1.165, 1.54) is 31.3 Å². The smallest absolute Gasteiger partial charge is 0.230 e. The molecular formula is C23H21FN6O. The first-order chi connectivity index (χ1) is 15.2. The van der Waals surface area contributed by atoms with Crippen molar-refractivity contribution in [2.24, 2.45) is 0 Å². The van der Waals surface area contributed by atoms with Crippen molar-refractivity contribution in [3.63, 3.8) is 0 Å². The van der Waals surface area contributed by atoms with Crippen molar-refractivity contribution in [2.45, 2.75) is 38.0 Å². The summed E-state index contributed by atoms with van der Waals surface area (Å²) in [6.45, 7) is 0. The molecule has 0 bridgehead atoms. The largest absolute Gasteiger partial charge is 0.337 e. The fraction of sp³-hybridized carbons (Fsp3) is 0.261. The number of rotatable bonds is 5. The van der Waals surface area contributed by atoms with Gasteiger partial charge in [0.05, 0.1) is 6.42 Å². The van der Waals surface area contributed by atoms with Crippen molar-refractivity contribution in [2.75, 3.05) is 5.32 Å². The summed E-state index contributed by atoms with van der Waals surface area (Å²) >= 11 is 0. The van der Waals surface area contributed by atoms with Gasteiger partial charge < -0.3 is 10.3 Å². The molecule has 1 amide bonds. The number of imidazole rings is 1. The van der Waals surface area contributed by atoms with Crippen molar-refractivity contribution in [3.8, 4) is 11.1 Å². The van der Waals surface area contributed by atoms with Crippen LogP contribution >= 0.6 is 0 Å². The lowest BCUT2D eigenvalue weighted by molar-refractivity contribution is -0.115. The Morgan fingerprint density at radius 2 is 1.90 bits per heavy atom. The molecule has 0 saturated heterocycles. The van der Waals surface area contributed by atoms with E-state index in [4.69, 9.17) is 0 Å². The number of nitrogens with one attached hydrogen (secondary N) is 2. The van der Waals surface area contributed by atoms with Gasteiger partial charge in [-0.15, -0.1) is 0 Å². The predicted molar refractivity (Wildman–Crippen MR) is 115 cm³/mol. The zero-order chi connectivity index (χ0) is 21.2. The molecule has 1 aliphatic carbocycles. The average Bonchev–Trinajstić information content (AvgIpc) is 3.44. The summed E-state index contributed by atoms with van der Waals surface area (Å²) in [6.07, 6.45) is 9.32. The minimum Gasteiger partial charge on any atom is -0.337 e. The maximum absolute atomic E-state index is 14.2. The monoisotopic (exact) mass is 416 g/mol. The van der Waals surface area contributed by atoms with Gasteiger partial charge in [-0.2, -0.15) is 0 Å². The average molecular weight is 416 g/mol. The molecule has 31 heavy (non-hydrogen) atoms. The van der Waals surface area contributed by atoms with Crippen LogP contribution in [-0.4, -0.2) is 30.8 Å². The summed E-state index contributed by atoms with van der Waals surface area (Å²) in [4.78, 5) is 33.0. The number of aromatic nitrogens is 5. The molecule has 0 spiro atoms. The van der Waals surface area contributed by atoms with Crippen molar-refractivity contribution < 1.29 is 9.18 Å². The number of amides is 1. The Hall–Kier alpha value is -3.68. The molecule has 3 heterocycles. The van der Waals surface area contributed by atoms with Gasteiger partial charge in [0.25, 0.3) is 0 Å². The van der Waals surface area contributed by atoms with Gasteiger partial charge in [0, 0.05) is 18.3 Å². The van der Waals surface area contributed by atoms with Crippen LogP contribution in [0.1, 0.15) is 43.0 Å². The first-order valence-corrected chi connectivity index (χ1v) is 10.4. The zero-order valence-electron chi connectivity index (χ0n) is 16.8. The molecular weight excluding hydrogens is 395 g/mol. The Balaban J connectivity index is 1.36. The summed E-state index contributed by atoms with van der Waals surface area (Å²) in [7, 11) is 0. The van der Waals surface area contributed by atoms with Crippen LogP contribution in [0.4, 0.5) is 10.2 Å². The lowest BCUT2D eigenvalue weighted by atomic mass is 10.0. The lowest BCUT2D eigenvalue weighted by Gasteiger charge is -2.08. The van der Waals surface area contributed by atoms with Gasteiger partial charge in [0.2, 0.25) is 5.91 Å². The van der Waals surface area contributed by atoms with Crippen LogP contribution in [-0.2, 0) is 11.2 Å². The van der Waals surface area contributed by atoms with E-state index in [1.54, 1.807) is 24.5 Å². The van der Waals surface area contributed by atoms with E-state index in [-0.39, 0.29) is 12.3 Å². The molecule has 3 aromatic heterocycles. The van der Waals surface area contributed by atoms with Crippen molar-refractivity contribution in [3.05, 3.63) is 66.3 Å². The fourth-order valence-corrected chi connectivity index (χ4v) is 4.16. The normalized spacial score (nSPS) is 14.2. The number of aromatic amines is 1. The molecule has 2 N–H and O–H groups in total. The first-order valence-electron chi connectivity index (χ1n) is 10.4. The van der Waals surface area contributed by atoms with Crippen LogP contribution in [0.25, 0.3) is 22.3 Å². The number of anilines is 1.